The molecule has 0 saturated heterocycles. The van der Waals surface area contributed by atoms with Crippen molar-refractivity contribution in [2.45, 2.75) is 78.1 Å². The monoisotopic (exact) mass is 332 g/mol. The van der Waals surface area contributed by atoms with Crippen molar-refractivity contribution < 1.29 is 53.1 Å². The number of hydrogen-bond acceptors (Lipinski definition) is 5. The molecule has 0 heterocycles. The number of unbranched alkanes of at least 4 members (excludes halogenated alkanes) is 9. The second-order valence-electron chi connectivity index (χ2n) is 4.94. The molecule has 122 valence electrons. The van der Waals surface area contributed by atoms with Gasteiger partial charge in [-0.15, -0.1) is 0 Å². The molecule has 0 fully saturated rings. The van der Waals surface area contributed by atoms with Crippen LogP contribution in [0.5, 0.6) is 0 Å². The summed E-state index contributed by atoms with van der Waals surface area (Å²) in [5.74, 6) is 0. The van der Waals surface area contributed by atoms with E-state index in [1.807, 2.05) is 0 Å². The molecule has 21 heavy (non-hydrogen) atoms. The standard InChI is InChI=1S/C14H31O5P.Na/c1-3-5-6-7-8-9-10-11-12-13-14-18-20(15,16)19-17-4-2;/h3-14H2,1-2H3,(H,15,16);/q;+1/p-1. The van der Waals surface area contributed by atoms with E-state index in [1.54, 1.807) is 6.92 Å². The predicted octanol–water partition coefficient (Wildman–Crippen LogP) is 1.36. The van der Waals surface area contributed by atoms with Gasteiger partial charge in [0.1, 0.15) is 0 Å². The van der Waals surface area contributed by atoms with Crippen molar-refractivity contribution in [1.82, 2.24) is 0 Å². The van der Waals surface area contributed by atoms with Gasteiger partial charge in [0.15, 0.2) is 0 Å². The minimum atomic E-state index is -4.26. The smallest absolute Gasteiger partial charge is 0.754 e. The van der Waals surface area contributed by atoms with Crippen LogP contribution in [0, 0.1) is 0 Å². The molecule has 0 aromatic heterocycles. The minimum Gasteiger partial charge on any atom is -0.754 e. The van der Waals surface area contributed by atoms with Crippen LogP contribution in [-0.2, 0) is 18.7 Å². The fourth-order valence-electron chi connectivity index (χ4n) is 1.90. The maximum absolute atomic E-state index is 11.1. The Hall–Kier alpha value is 1.07. The molecule has 0 aromatic carbocycles. The van der Waals surface area contributed by atoms with Crippen molar-refractivity contribution in [3.63, 3.8) is 0 Å². The Kier molecular flexibility index (Phi) is 20.2. The second kappa shape index (κ2) is 17.4. The van der Waals surface area contributed by atoms with E-state index in [-0.39, 0.29) is 42.8 Å². The number of phosphoric acid groups is 1. The van der Waals surface area contributed by atoms with Gasteiger partial charge in [-0.05, 0) is 13.3 Å². The predicted molar refractivity (Wildman–Crippen MR) is 78.1 cm³/mol. The molecule has 0 amide bonds. The Balaban J connectivity index is 0. The Labute approximate surface area is 152 Å². The Bertz CT molecular complexity index is 254. The summed E-state index contributed by atoms with van der Waals surface area (Å²) >= 11 is 0. The largest absolute Gasteiger partial charge is 1.00 e. The van der Waals surface area contributed by atoms with Gasteiger partial charge in [-0.3, -0.25) is 4.57 Å². The molecule has 0 radical (unpaired) electrons. The fourth-order valence-corrected chi connectivity index (χ4v) is 2.53. The molecule has 7 heteroatoms. The van der Waals surface area contributed by atoms with Gasteiger partial charge in [0.2, 0.25) is 0 Å². The van der Waals surface area contributed by atoms with Gasteiger partial charge in [0.25, 0.3) is 7.82 Å². The van der Waals surface area contributed by atoms with E-state index >= 15 is 0 Å². The van der Waals surface area contributed by atoms with Gasteiger partial charge in [-0.2, -0.15) is 4.67 Å². The summed E-state index contributed by atoms with van der Waals surface area (Å²) in [5.41, 5.74) is 0. The molecule has 0 aromatic rings. The third-order valence-electron chi connectivity index (χ3n) is 3.01. The van der Waals surface area contributed by atoms with E-state index in [0.717, 1.165) is 19.3 Å². The zero-order valence-corrected chi connectivity index (χ0v) is 16.9. The molecule has 1 atom stereocenters. The first kappa shape index (κ1) is 24.3. The Morgan fingerprint density at radius 3 is 1.81 bits per heavy atom. The van der Waals surface area contributed by atoms with Crippen molar-refractivity contribution in [3.05, 3.63) is 0 Å². The summed E-state index contributed by atoms with van der Waals surface area (Å²) in [6, 6.07) is 0. The van der Waals surface area contributed by atoms with Crippen LogP contribution in [0.1, 0.15) is 78.1 Å². The van der Waals surface area contributed by atoms with Gasteiger partial charge >= 0.3 is 29.6 Å². The van der Waals surface area contributed by atoms with Crippen molar-refractivity contribution >= 4 is 7.82 Å². The molecule has 0 spiro atoms. The van der Waals surface area contributed by atoms with Crippen LogP contribution in [0.3, 0.4) is 0 Å². The van der Waals surface area contributed by atoms with E-state index < -0.39 is 7.82 Å². The van der Waals surface area contributed by atoms with Crippen LogP contribution < -0.4 is 34.5 Å². The normalized spacial score (nSPS) is 13.7. The first-order chi connectivity index (χ1) is 9.62. The third-order valence-corrected chi connectivity index (χ3v) is 3.80. The maximum atomic E-state index is 11.1. The van der Waals surface area contributed by atoms with Gasteiger partial charge in [0.05, 0.1) is 13.2 Å². The Morgan fingerprint density at radius 2 is 1.33 bits per heavy atom. The summed E-state index contributed by atoms with van der Waals surface area (Å²) in [4.78, 5) is 15.5. The SMILES string of the molecule is CCCCCCCCCCCCOP(=O)([O-])OOCC.[Na+]. The van der Waals surface area contributed by atoms with Gasteiger partial charge in [-0.1, -0.05) is 64.7 Å². The molecule has 0 aliphatic carbocycles. The van der Waals surface area contributed by atoms with Gasteiger partial charge in [-0.25, -0.2) is 4.89 Å². The van der Waals surface area contributed by atoms with Crippen LogP contribution in [0.2, 0.25) is 0 Å². The molecule has 1 unspecified atom stereocenters. The summed E-state index contributed by atoms with van der Waals surface area (Å²) < 4.78 is 19.9. The molecule has 0 saturated carbocycles. The molecule has 0 N–H and O–H groups in total. The zero-order valence-electron chi connectivity index (χ0n) is 14.0. The second-order valence-corrected chi connectivity index (χ2v) is 6.25. The zero-order chi connectivity index (χ0) is 15.1. The minimum absolute atomic E-state index is 0. The van der Waals surface area contributed by atoms with E-state index in [4.69, 9.17) is 0 Å². The van der Waals surface area contributed by atoms with E-state index in [0.29, 0.717) is 0 Å². The molecular weight excluding hydrogens is 302 g/mol. The van der Waals surface area contributed by atoms with Crippen LogP contribution in [0.4, 0.5) is 0 Å². The number of rotatable bonds is 15. The van der Waals surface area contributed by atoms with Crippen molar-refractivity contribution in [2.24, 2.45) is 0 Å². The summed E-state index contributed by atoms with van der Waals surface area (Å²) in [6.07, 6.45) is 12.0. The van der Waals surface area contributed by atoms with Crippen LogP contribution in [0.15, 0.2) is 0 Å². The maximum Gasteiger partial charge on any atom is 1.00 e. The quantitative estimate of drug-likeness (QED) is 0.149. The average Bonchev–Trinajstić information content (AvgIpc) is 2.42. The molecule has 0 rings (SSSR count). The third kappa shape index (κ3) is 19.0. The molecular formula is C14H30NaO5P. The summed E-state index contributed by atoms with van der Waals surface area (Å²) in [6.45, 7) is 4.21. The molecule has 0 aliphatic heterocycles. The first-order valence-electron chi connectivity index (χ1n) is 7.89. The van der Waals surface area contributed by atoms with E-state index in [9.17, 15) is 9.46 Å². The number of phosphoric ester groups is 1. The molecule has 0 aliphatic rings. The van der Waals surface area contributed by atoms with Crippen LogP contribution in [-0.4, -0.2) is 13.2 Å². The topological polar surface area (TPSA) is 67.8 Å². The van der Waals surface area contributed by atoms with Crippen molar-refractivity contribution in [1.29, 1.82) is 0 Å². The van der Waals surface area contributed by atoms with Gasteiger partial charge < -0.3 is 9.42 Å². The summed E-state index contributed by atoms with van der Waals surface area (Å²) in [5, 5.41) is 0. The number of hydrogen-bond donors (Lipinski definition) is 0. The van der Waals surface area contributed by atoms with E-state index in [2.05, 4.69) is 21.0 Å². The van der Waals surface area contributed by atoms with Crippen molar-refractivity contribution in [2.75, 3.05) is 13.2 Å². The Morgan fingerprint density at radius 1 is 0.857 bits per heavy atom. The van der Waals surface area contributed by atoms with Crippen molar-refractivity contribution in [3.8, 4) is 0 Å². The average molecular weight is 332 g/mol. The molecule has 0 bridgehead atoms. The van der Waals surface area contributed by atoms with Gasteiger partial charge in [0, 0.05) is 0 Å². The van der Waals surface area contributed by atoms with E-state index in [1.165, 1.54) is 44.9 Å². The van der Waals surface area contributed by atoms with Crippen LogP contribution in [0.25, 0.3) is 0 Å². The summed E-state index contributed by atoms with van der Waals surface area (Å²) in [7, 11) is -4.26. The fraction of sp³-hybridized carbons (Fsp3) is 1.00. The molecule has 5 nitrogen and oxygen atoms in total. The first-order valence-corrected chi connectivity index (χ1v) is 9.35. The van der Waals surface area contributed by atoms with Crippen LogP contribution >= 0.6 is 7.82 Å².